The number of aliphatic hydroxyl groups excluding tert-OH is 1. The van der Waals surface area contributed by atoms with Crippen molar-refractivity contribution in [2.75, 3.05) is 19.6 Å². The largest absolute Gasteiger partial charge is 0.385 e. The van der Waals surface area contributed by atoms with Crippen LogP contribution in [0.15, 0.2) is 47.2 Å². The van der Waals surface area contributed by atoms with Crippen molar-refractivity contribution in [3.63, 3.8) is 0 Å². The van der Waals surface area contributed by atoms with E-state index in [9.17, 15) is 9.90 Å². The molecular weight excluding hydrogens is 418 g/mol. The summed E-state index contributed by atoms with van der Waals surface area (Å²) in [6.07, 6.45) is 3.26. The Balaban J connectivity index is 1.18. The zero-order valence-corrected chi connectivity index (χ0v) is 18.5. The maximum Gasteiger partial charge on any atom is 0.223 e. The quantitative estimate of drug-likeness (QED) is 0.562. The number of aliphatic hydroxyl groups is 1. The molecule has 0 radical (unpaired) electrons. The van der Waals surface area contributed by atoms with Gasteiger partial charge in [0, 0.05) is 61.6 Å². The van der Waals surface area contributed by atoms with Crippen LogP contribution in [-0.4, -0.2) is 50.3 Å². The van der Waals surface area contributed by atoms with E-state index >= 15 is 0 Å². The van der Waals surface area contributed by atoms with Crippen molar-refractivity contribution in [2.24, 2.45) is 23.5 Å². The van der Waals surface area contributed by atoms with Crippen LogP contribution in [0.3, 0.4) is 0 Å². The van der Waals surface area contributed by atoms with Gasteiger partial charge in [0.15, 0.2) is 5.76 Å². The van der Waals surface area contributed by atoms with E-state index in [1.807, 2.05) is 46.0 Å². The van der Waals surface area contributed by atoms with Gasteiger partial charge in [0.1, 0.15) is 17.6 Å². The van der Waals surface area contributed by atoms with Crippen molar-refractivity contribution in [1.29, 1.82) is 0 Å². The smallest absolute Gasteiger partial charge is 0.223 e. The average molecular weight is 446 g/mol. The second-order valence-corrected chi connectivity index (χ2v) is 8.81. The van der Waals surface area contributed by atoms with E-state index in [-0.39, 0.29) is 5.91 Å². The topological polar surface area (TPSA) is 110 Å². The molecule has 2 aromatic heterocycles. The molecule has 0 bridgehead atoms. The molecular formula is C25H27N5O3. The highest BCUT2D eigenvalue weighted by atomic mass is 16.5. The van der Waals surface area contributed by atoms with Gasteiger partial charge in [-0.3, -0.25) is 4.79 Å². The summed E-state index contributed by atoms with van der Waals surface area (Å²) in [6.45, 7) is 4.20. The molecule has 1 aliphatic heterocycles. The second-order valence-electron chi connectivity index (χ2n) is 8.81. The number of likely N-dealkylation sites (tertiary alicyclic amines) is 1. The van der Waals surface area contributed by atoms with Crippen LogP contribution in [0.4, 0.5) is 0 Å². The lowest BCUT2D eigenvalue weighted by molar-refractivity contribution is -0.130. The second kappa shape index (κ2) is 8.85. The third kappa shape index (κ3) is 4.42. The fourth-order valence-corrected chi connectivity index (χ4v) is 4.63. The van der Waals surface area contributed by atoms with Gasteiger partial charge in [-0.2, -0.15) is 0 Å². The van der Waals surface area contributed by atoms with Crippen LogP contribution in [0, 0.1) is 29.6 Å². The molecule has 1 aliphatic carbocycles. The van der Waals surface area contributed by atoms with E-state index in [2.05, 4.69) is 22.0 Å². The Kier molecular flexibility index (Phi) is 5.75. The molecule has 170 valence electrons. The van der Waals surface area contributed by atoms with E-state index in [0.29, 0.717) is 48.8 Å². The molecule has 1 saturated heterocycles. The molecule has 33 heavy (non-hydrogen) atoms. The van der Waals surface area contributed by atoms with Crippen LogP contribution in [-0.2, 0) is 11.3 Å². The van der Waals surface area contributed by atoms with Crippen molar-refractivity contribution in [1.82, 2.24) is 19.6 Å². The number of hydrogen-bond donors (Lipinski definition) is 2. The minimum absolute atomic E-state index is 0.163. The van der Waals surface area contributed by atoms with Crippen LogP contribution in [0.25, 0.3) is 11.3 Å². The number of piperidine rings is 1. The molecule has 4 atom stereocenters. The fourth-order valence-electron chi connectivity index (χ4n) is 4.63. The SMILES string of the molecule is C[C@H](O)c1nccn1Cc1cc(-c2ccc(C#C[C@H]3[C@H]4CN(C(=O)CCN)C[C@@H]34)cc2)on1. The van der Waals surface area contributed by atoms with Gasteiger partial charge in [-0.15, -0.1) is 0 Å². The number of fused-ring (bicyclic) bond motifs is 1. The molecule has 3 heterocycles. The molecule has 5 rings (SSSR count). The highest BCUT2D eigenvalue weighted by Crippen LogP contribution is 2.51. The highest BCUT2D eigenvalue weighted by Gasteiger charge is 2.55. The maximum absolute atomic E-state index is 12.0. The summed E-state index contributed by atoms with van der Waals surface area (Å²) in [5.74, 6) is 9.52. The fraction of sp³-hybridized carbons (Fsp3) is 0.400. The lowest BCUT2D eigenvalue weighted by Gasteiger charge is -2.18. The van der Waals surface area contributed by atoms with E-state index in [1.54, 1.807) is 13.1 Å². The van der Waals surface area contributed by atoms with Crippen molar-refractivity contribution in [3.05, 3.63) is 59.8 Å². The van der Waals surface area contributed by atoms with Crippen LogP contribution < -0.4 is 5.73 Å². The summed E-state index contributed by atoms with van der Waals surface area (Å²) < 4.78 is 7.38. The predicted molar refractivity (Wildman–Crippen MR) is 122 cm³/mol. The summed E-state index contributed by atoms with van der Waals surface area (Å²) >= 11 is 0. The molecule has 1 saturated carbocycles. The Hall–Kier alpha value is -3.41. The normalized spacial score (nSPS) is 21.9. The number of carbonyl (C=O) groups is 1. The van der Waals surface area contributed by atoms with Gasteiger partial charge in [0.25, 0.3) is 0 Å². The van der Waals surface area contributed by atoms with Gasteiger partial charge in [-0.25, -0.2) is 4.98 Å². The predicted octanol–water partition coefficient (Wildman–Crippen LogP) is 2.04. The number of aromatic nitrogens is 3. The van der Waals surface area contributed by atoms with Crippen LogP contribution in [0.1, 0.15) is 36.5 Å². The van der Waals surface area contributed by atoms with Crippen molar-refractivity contribution in [2.45, 2.75) is 26.0 Å². The monoisotopic (exact) mass is 445 g/mol. The Bertz CT molecular complexity index is 1190. The molecule has 1 amide bonds. The summed E-state index contributed by atoms with van der Waals surface area (Å²) in [5, 5.41) is 14.0. The van der Waals surface area contributed by atoms with Crippen LogP contribution >= 0.6 is 0 Å². The Morgan fingerprint density at radius 1 is 1.30 bits per heavy atom. The Morgan fingerprint density at radius 2 is 2.06 bits per heavy atom. The molecule has 0 spiro atoms. The summed E-state index contributed by atoms with van der Waals surface area (Å²) in [5.41, 5.74) is 8.13. The third-order valence-electron chi connectivity index (χ3n) is 6.47. The number of carbonyl (C=O) groups excluding carboxylic acids is 1. The first-order chi connectivity index (χ1) is 16.0. The lowest BCUT2D eigenvalue weighted by Crippen LogP contribution is -2.32. The third-order valence-corrected chi connectivity index (χ3v) is 6.47. The van der Waals surface area contributed by atoms with Gasteiger partial charge in [0.2, 0.25) is 5.91 Å². The first-order valence-electron chi connectivity index (χ1n) is 11.3. The zero-order chi connectivity index (χ0) is 22.9. The van der Waals surface area contributed by atoms with E-state index in [0.717, 1.165) is 29.9 Å². The zero-order valence-electron chi connectivity index (χ0n) is 18.5. The Morgan fingerprint density at radius 3 is 2.76 bits per heavy atom. The minimum atomic E-state index is -0.646. The molecule has 2 fully saturated rings. The number of nitrogens with two attached hydrogens (primary N) is 1. The van der Waals surface area contributed by atoms with Crippen molar-refractivity contribution >= 4 is 5.91 Å². The van der Waals surface area contributed by atoms with Gasteiger partial charge in [-0.1, -0.05) is 17.0 Å². The van der Waals surface area contributed by atoms with Gasteiger partial charge in [0.05, 0.1) is 6.54 Å². The lowest BCUT2D eigenvalue weighted by atomic mass is 10.1. The summed E-state index contributed by atoms with van der Waals surface area (Å²) in [4.78, 5) is 18.1. The van der Waals surface area contributed by atoms with E-state index < -0.39 is 6.10 Å². The van der Waals surface area contributed by atoms with Gasteiger partial charge >= 0.3 is 0 Å². The highest BCUT2D eigenvalue weighted by molar-refractivity contribution is 5.77. The molecule has 8 heteroatoms. The van der Waals surface area contributed by atoms with Crippen molar-refractivity contribution in [3.8, 4) is 23.2 Å². The van der Waals surface area contributed by atoms with Crippen LogP contribution in [0.2, 0.25) is 0 Å². The first kappa shape index (κ1) is 21.4. The number of rotatable bonds is 6. The molecule has 8 nitrogen and oxygen atoms in total. The number of nitrogens with zero attached hydrogens (tertiary/aromatic N) is 4. The van der Waals surface area contributed by atoms with Gasteiger partial charge in [-0.05, 0) is 43.0 Å². The number of amides is 1. The number of imidazole rings is 1. The molecule has 1 aromatic carbocycles. The maximum atomic E-state index is 12.0. The molecule has 3 N–H and O–H groups in total. The molecule has 2 aliphatic rings. The van der Waals surface area contributed by atoms with Crippen LogP contribution in [0.5, 0.6) is 0 Å². The summed E-state index contributed by atoms with van der Waals surface area (Å²) in [7, 11) is 0. The standard InChI is InChI=1S/C25H27N5O3/c1-16(31)25-27-10-11-29(25)13-19-12-23(33-28-19)18-5-2-17(3-6-18)4-7-20-21-14-30(15-22(20)21)24(32)8-9-26/h2-3,5-6,10-12,16,20-22,31H,8-9,13-15,26H2,1H3/t16-,20-,21+,22-/m0/s1. The van der Waals surface area contributed by atoms with Crippen molar-refractivity contribution < 1.29 is 14.4 Å². The molecule has 0 unspecified atom stereocenters. The summed E-state index contributed by atoms with van der Waals surface area (Å²) in [6, 6.07) is 9.83. The minimum Gasteiger partial charge on any atom is -0.385 e. The number of benzene rings is 1. The van der Waals surface area contributed by atoms with Gasteiger partial charge < -0.3 is 24.8 Å². The van der Waals surface area contributed by atoms with E-state index in [1.165, 1.54) is 0 Å². The number of hydrogen-bond acceptors (Lipinski definition) is 6. The first-order valence-corrected chi connectivity index (χ1v) is 11.3. The molecule has 3 aromatic rings. The Labute approximate surface area is 192 Å². The average Bonchev–Trinajstić information content (AvgIpc) is 3.30. The van der Waals surface area contributed by atoms with E-state index in [4.69, 9.17) is 10.3 Å².